The molecule has 0 bridgehead atoms. The number of hydrogen-bond acceptors (Lipinski definition) is 3. The molecular weight excluding hydrogens is 368 g/mol. The quantitative estimate of drug-likeness (QED) is 0.514. The number of aromatic amines is 1. The summed E-state index contributed by atoms with van der Waals surface area (Å²) in [6, 6.07) is 15.0. The van der Waals surface area contributed by atoms with E-state index in [1.807, 2.05) is 24.4 Å². The lowest BCUT2D eigenvalue weighted by molar-refractivity contribution is 0.0954. The van der Waals surface area contributed by atoms with Crippen molar-refractivity contribution in [2.24, 2.45) is 0 Å². The van der Waals surface area contributed by atoms with Crippen molar-refractivity contribution in [1.29, 1.82) is 0 Å². The van der Waals surface area contributed by atoms with Gasteiger partial charge in [0.05, 0.1) is 11.0 Å². The van der Waals surface area contributed by atoms with Crippen molar-refractivity contribution in [2.75, 3.05) is 6.54 Å². The van der Waals surface area contributed by atoms with Crippen molar-refractivity contribution in [3.05, 3.63) is 81.0 Å². The van der Waals surface area contributed by atoms with E-state index in [0.717, 1.165) is 10.9 Å². The van der Waals surface area contributed by atoms with E-state index < -0.39 is 11.1 Å². The first-order valence-electron chi connectivity index (χ1n) is 9.57. The molecule has 0 unspecified atom stereocenters. The van der Waals surface area contributed by atoms with Crippen LogP contribution < -0.4 is 16.4 Å². The van der Waals surface area contributed by atoms with Crippen molar-refractivity contribution in [2.45, 2.75) is 26.4 Å². The minimum absolute atomic E-state index is 0.206. The summed E-state index contributed by atoms with van der Waals surface area (Å²) in [5, 5.41) is 3.76. The highest BCUT2D eigenvalue weighted by atomic mass is 16.2. The van der Waals surface area contributed by atoms with Crippen LogP contribution in [0.15, 0.2) is 64.3 Å². The predicted molar refractivity (Wildman–Crippen MR) is 113 cm³/mol. The fourth-order valence-corrected chi connectivity index (χ4v) is 3.66. The summed E-state index contributed by atoms with van der Waals surface area (Å²) in [7, 11) is 0. The van der Waals surface area contributed by atoms with Gasteiger partial charge in [0.1, 0.15) is 0 Å². The molecule has 29 heavy (non-hydrogen) atoms. The molecule has 0 saturated carbocycles. The summed E-state index contributed by atoms with van der Waals surface area (Å²) in [5.41, 5.74) is 1.50. The molecule has 0 aliphatic carbocycles. The molecule has 2 aromatic heterocycles. The van der Waals surface area contributed by atoms with Gasteiger partial charge in [0.15, 0.2) is 0 Å². The Morgan fingerprint density at radius 1 is 1.03 bits per heavy atom. The van der Waals surface area contributed by atoms with E-state index in [1.54, 1.807) is 30.3 Å². The van der Waals surface area contributed by atoms with E-state index in [9.17, 15) is 14.4 Å². The van der Waals surface area contributed by atoms with Crippen LogP contribution >= 0.6 is 0 Å². The number of amides is 1. The Morgan fingerprint density at radius 3 is 2.59 bits per heavy atom. The number of nitrogens with one attached hydrogen (secondary N) is 2. The Balaban J connectivity index is 1.57. The summed E-state index contributed by atoms with van der Waals surface area (Å²) in [6.07, 6.45) is 1.98. The number of para-hydroxylation sites is 2. The van der Waals surface area contributed by atoms with Gasteiger partial charge >= 0.3 is 11.1 Å². The summed E-state index contributed by atoms with van der Waals surface area (Å²) >= 11 is 0. The number of rotatable bonds is 5. The van der Waals surface area contributed by atoms with Crippen molar-refractivity contribution in [3.63, 3.8) is 0 Å². The topological polar surface area (TPSA) is 88.9 Å². The lowest BCUT2D eigenvalue weighted by Gasteiger charge is -2.12. The van der Waals surface area contributed by atoms with Crippen LogP contribution in [0.4, 0.5) is 0 Å². The first kappa shape index (κ1) is 18.7. The van der Waals surface area contributed by atoms with Crippen molar-refractivity contribution >= 4 is 27.8 Å². The number of H-pyrrole nitrogens is 1. The molecule has 7 heteroatoms. The Labute approximate surface area is 166 Å². The average Bonchev–Trinajstić information content (AvgIpc) is 3.15. The number of hydrogen-bond donors (Lipinski definition) is 2. The van der Waals surface area contributed by atoms with E-state index in [-0.39, 0.29) is 19.0 Å². The van der Waals surface area contributed by atoms with Crippen LogP contribution in [0, 0.1) is 0 Å². The van der Waals surface area contributed by atoms with Gasteiger partial charge in [-0.05, 0) is 44.2 Å². The molecule has 0 saturated heterocycles. The van der Waals surface area contributed by atoms with E-state index in [4.69, 9.17) is 0 Å². The summed E-state index contributed by atoms with van der Waals surface area (Å²) < 4.78 is 3.51. The second-order valence-electron chi connectivity index (χ2n) is 7.24. The van der Waals surface area contributed by atoms with Crippen molar-refractivity contribution < 1.29 is 4.79 Å². The van der Waals surface area contributed by atoms with Crippen LogP contribution in [0.1, 0.15) is 30.2 Å². The van der Waals surface area contributed by atoms with Crippen LogP contribution in [-0.2, 0) is 6.54 Å². The second kappa shape index (κ2) is 7.43. The first-order valence-corrected chi connectivity index (χ1v) is 9.57. The third kappa shape index (κ3) is 3.35. The van der Waals surface area contributed by atoms with Gasteiger partial charge < -0.3 is 19.4 Å². The van der Waals surface area contributed by atoms with E-state index in [2.05, 4.69) is 28.7 Å². The zero-order chi connectivity index (χ0) is 20.5. The molecular formula is C22H22N4O3. The Hall–Kier alpha value is -3.61. The lowest BCUT2D eigenvalue weighted by atomic mass is 10.1. The van der Waals surface area contributed by atoms with Gasteiger partial charge in [-0.3, -0.25) is 14.4 Å². The fraction of sp³-hybridized carbons (Fsp3) is 0.227. The highest BCUT2D eigenvalue weighted by Gasteiger charge is 2.13. The number of nitrogens with zero attached hydrogens (tertiary/aromatic N) is 2. The molecule has 0 aliphatic rings. The van der Waals surface area contributed by atoms with Crippen molar-refractivity contribution in [3.8, 4) is 0 Å². The third-order valence-electron chi connectivity index (χ3n) is 5.07. The third-order valence-corrected chi connectivity index (χ3v) is 5.07. The molecule has 4 aromatic rings. The van der Waals surface area contributed by atoms with Gasteiger partial charge in [0.25, 0.3) is 5.91 Å². The van der Waals surface area contributed by atoms with E-state index in [1.165, 1.54) is 4.57 Å². The average molecular weight is 390 g/mol. The van der Waals surface area contributed by atoms with E-state index >= 15 is 0 Å². The minimum atomic E-state index is -0.671. The molecule has 7 nitrogen and oxygen atoms in total. The Kier molecular flexibility index (Phi) is 4.80. The molecule has 148 valence electrons. The summed E-state index contributed by atoms with van der Waals surface area (Å²) in [6.45, 7) is 4.62. The highest BCUT2D eigenvalue weighted by Crippen LogP contribution is 2.23. The number of benzene rings is 2. The minimum Gasteiger partial charge on any atom is -0.350 e. The monoisotopic (exact) mass is 390 g/mol. The maximum atomic E-state index is 12.8. The van der Waals surface area contributed by atoms with Crippen molar-refractivity contribution in [1.82, 2.24) is 19.4 Å². The fourth-order valence-electron chi connectivity index (χ4n) is 3.66. The van der Waals surface area contributed by atoms with Crippen LogP contribution in [0.3, 0.4) is 0 Å². The molecule has 2 aromatic carbocycles. The SMILES string of the molecule is CC(C)n1ccc2c(C(=O)NCCn3c(=O)c(=O)[nH]c4ccccc43)cccc21. The molecule has 4 rings (SSSR count). The number of fused-ring (bicyclic) bond motifs is 2. The van der Waals surface area contributed by atoms with Gasteiger partial charge in [-0.2, -0.15) is 0 Å². The van der Waals surface area contributed by atoms with E-state index in [0.29, 0.717) is 22.6 Å². The molecule has 0 fully saturated rings. The zero-order valence-electron chi connectivity index (χ0n) is 16.3. The molecule has 0 aliphatic heterocycles. The highest BCUT2D eigenvalue weighted by molar-refractivity contribution is 6.06. The molecule has 0 spiro atoms. The molecule has 1 amide bonds. The largest absolute Gasteiger partial charge is 0.350 e. The predicted octanol–water partition coefficient (Wildman–Crippen LogP) is 2.66. The molecule has 2 heterocycles. The normalized spacial score (nSPS) is 11.4. The second-order valence-corrected chi connectivity index (χ2v) is 7.24. The van der Waals surface area contributed by atoms with Gasteiger partial charge in [-0.15, -0.1) is 0 Å². The molecule has 0 radical (unpaired) electrons. The van der Waals surface area contributed by atoms with Gasteiger partial charge in [0, 0.05) is 41.8 Å². The van der Waals surface area contributed by atoms with Crippen LogP contribution in [-0.4, -0.2) is 26.6 Å². The number of aromatic nitrogens is 3. The number of carbonyl (C=O) groups is 1. The van der Waals surface area contributed by atoms with Gasteiger partial charge in [-0.1, -0.05) is 18.2 Å². The van der Waals surface area contributed by atoms with Gasteiger partial charge in [-0.25, -0.2) is 0 Å². The summed E-state index contributed by atoms with van der Waals surface area (Å²) in [5.74, 6) is -0.209. The maximum absolute atomic E-state index is 12.8. The van der Waals surface area contributed by atoms with Gasteiger partial charge in [0.2, 0.25) is 0 Å². The molecule has 0 atom stereocenters. The Morgan fingerprint density at radius 2 is 1.79 bits per heavy atom. The van der Waals surface area contributed by atoms with Crippen LogP contribution in [0.2, 0.25) is 0 Å². The van der Waals surface area contributed by atoms with Crippen LogP contribution in [0.25, 0.3) is 21.9 Å². The maximum Gasteiger partial charge on any atom is 0.316 e. The first-order chi connectivity index (χ1) is 14.0. The van der Waals surface area contributed by atoms with Crippen LogP contribution in [0.5, 0.6) is 0 Å². The standard InChI is InChI=1S/C22H22N4O3/c1-14(2)25-12-10-15-16(6-5-9-18(15)25)20(27)23-11-13-26-19-8-4-3-7-17(19)24-21(28)22(26)29/h3-10,12,14H,11,13H2,1-2H3,(H,23,27)(H,24,28). The Bertz CT molecular complexity index is 1330. The lowest BCUT2D eigenvalue weighted by Crippen LogP contribution is -2.39. The zero-order valence-corrected chi connectivity index (χ0v) is 16.3. The number of carbonyl (C=O) groups excluding carboxylic acids is 1. The smallest absolute Gasteiger partial charge is 0.316 e. The summed E-state index contributed by atoms with van der Waals surface area (Å²) in [4.78, 5) is 39.5. The molecule has 2 N–H and O–H groups in total.